The first-order chi connectivity index (χ1) is 9.83. The molecule has 1 N–H and O–H groups in total. The summed E-state index contributed by atoms with van der Waals surface area (Å²) in [6.45, 7) is 0. The monoisotopic (exact) mass is 351 g/mol. The number of fused-ring (bicyclic) bond motifs is 3. The maximum absolute atomic E-state index is 9.99. The molecule has 24 heavy (non-hydrogen) atoms. The van der Waals surface area contributed by atoms with Crippen LogP contribution in [-0.4, -0.2) is 5.11 Å². The topological polar surface area (TPSA) is 20.2 Å². The van der Waals surface area contributed by atoms with Crippen molar-refractivity contribution in [2.45, 2.75) is 6.42 Å². The first kappa shape index (κ1) is 22.2. The second-order valence-electron chi connectivity index (χ2n) is 5.22. The molecule has 4 rings (SSSR count). The fourth-order valence-electron chi connectivity index (χ4n) is 3.03. The normalized spacial score (nSPS) is 10.0. The van der Waals surface area contributed by atoms with Crippen LogP contribution in [0.4, 0.5) is 0 Å². The van der Waals surface area contributed by atoms with E-state index in [0.29, 0.717) is 5.75 Å². The van der Waals surface area contributed by atoms with E-state index in [-0.39, 0.29) is 44.0 Å². The summed E-state index contributed by atoms with van der Waals surface area (Å²) in [5.41, 5.74) is 7.36. The van der Waals surface area contributed by atoms with Gasteiger partial charge in [0.25, 0.3) is 0 Å². The van der Waals surface area contributed by atoms with Crippen molar-refractivity contribution in [3.63, 3.8) is 0 Å². The number of phenolic OH excluding ortho intramolecular Hbond substituents is 1. The number of benzene rings is 3. The Kier molecular flexibility index (Phi) is 8.19. The number of para-hydroxylation sites is 1. The molecule has 2 heteroatoms. The first-order valence-electron chi connectivity index (χ1n) is 6.82. The van der Waals surface area contributed by atoms with Gasteiger partial charge in [-0.3, -0.25) is 0 Å². The van der Waals surface area contributed by atoms with E-state index in [2.05, 4.69) is 42.5 Å². The van der Waals surface area contributed by atoms with Gasteiger partial charge >= 0.3 is 21.7 Å². The molecule has 0 saturated carbocycles. The van der Waals surface area contributed by atoms with Crippen molar-refractivity contribution < 1.29 is 26.8 Å². The molecule has 0 unspecified atom stereocenters. The van der Waals surface area contributed by atoms with Crippen LogP contribution in [0.1, 0.15) is 11.1 Å². The van der Waals surface area contributed by atoms with Gasteiger partial charge in [-0.05, 0) is 40.3 Å². The summed E-state index contributed by atoms with van der Waals surface area (Å²) in [4.78, 5) is 0. The van der Waals surface area contributed by atoms with E-state index in [4.69, 9.17) is 0 Å². The second kappa shape index (κ2) is 8.87. The van der Waals surface area contributed by atoms with Crippen LogP contribution in [0.5, 0.6) is 5.75 Å². The third-order valence-corrected chi connectivity index (χ3v) is 4.01. The predicted octanol–water partition coefficient (Wildman–Crippen LogP) is 5.98. The molecular formula is C22H23OTi. The van der Waals surface area contributed by atoms with Gasteiger partial charge in [0.15, 0.2) is 0 Å². The molecule has 1 aliphatic rings. The molecule has 1 aliphatic carbocycles. The van der Waals surface area contributed by atoms with E-state index in [9.17, 15) is 5.11 Å². The van der Waals surface area contributed by atoms with E-state index >= 15 is 0 Å². The third kappa shape index (κ3) is 3.63. The van der Waals surface area contributed by atoms with E-state index in [1.165, 1.54) is 22.3 Å². The molecule has 1 nitrogen and oxygen atoms in total. The fourth-order valence-corrected chi connectivity index (χ4v) is 3.03. The Hall–Kier alpha value is -1.83. The number of rotatable bonds is 1. The number of hydrogen-bond donors (Lipinski definition) is 1. The summed E-state index contributed by atoms with van der Waals surface area (Å²) in [5.74, 6) is 0.336. The van der Waals surface area contributed by atoms with Gasteiger partial charge in [-0.15, -0.1) is 0 Å². The van der Waals surface area contributed by atoms with Crippen LogP contribution < -0.4 is 0 Å². The summed E-state index contributed by atoms with van der Waals surface area (Å²) in [7, 11) is 0. The van der Waals surface area contributed by atoms with E-state index < -0.39 is 0 Å². The van der Waals surface area contributed by atoms with E-state index in [1.807, 2.05) is 18.2 Å². The molecule has 0 spiro atoms. The minimum Gasteiger partial charge on any atom is -0.507 e. The number of phenols is 1. The zero-order valence-corrected chi connectivity index (χ0v) is 16.1. The second-order valence-corrected chi connectivity index (χ2v) is 5.22. The molecule has 3 aromatic rings. The average molecular weight is 351 g/mol. The van der Waals surface area contributed by atoms with Crippen LogP contribution in [0, 0.1) is 22.3 Å². The molecular weight excluding hydrogens is 328 g/mol. The molecule has 0 atom stereocenters. The van der Waals surface area contributed by atoms with Crippen molar-refractivity contribution in [2.24, 2.45) is 0 Å². The minimum atomic E-state index is 0. The maximum Gasteiger partial charge on any atom is 3.00 e. The summed E-state index contributed by atoms with van der Waals surface area (Å²) >= 11 is 0. The Morgan fingerprint density at radius 2 is 1.21 bits per heavy atom. The largest absolute Gasteiger partial charge is 3.00 e. The Labute approximate surface area is 161 Å². The molecule has 0 saturated heterocycles. The predicted molar refractivity (Wildman–Crippen MR) is 101 cm³/mol. The van der Waals surface area contributed by atoms with Crippen LogP contribution in [0.3, 0.4) is 0 Å². The van der Waals surface area contributed by atoms with Crippen LogP contribution in [0.15, 0.2) is 66.7 Å². The Bertz CT molecular complexity index is 809. The summed E-state index contributed by atoms with van der Waals surface area (Å²) in [6, 6.07) is 22.5. The fraction of sp³-hybridized carbons (Fsp3) is 0.0455. The number of hydrogen-bond acceptors (Lipinski definition) is 1. The van der Waals surface area contributed by atoms with E-state index in [1.54, 1.807) is 6.07 Å². The standard InChI is InChI=1S/C19H14O.3CH3.Ti/c20-19-8-4-3-7-18(19)14-9-10-17-15(12-14)11-13-5-1-2-6-16(13)17;;;;/h1-10,12,20H,11H2;3*1H3;/q;3*-1;+3. The summed E-state index contributed by atoms with van der Waals surface area (Å²) < 4.78 is 0. The van der Waals surface area contributed by atoms with Gasteiger partial charge in [0, 0.05) is 5.56 Å². The molecule has 0 aliphatic heterocycles. The van der Waals surface area contributed by atoms with Gasteiger partial charge in [0.05, 0.1) is 0 Å². The average Bonchev–Trinajstić information content (AvgIpc) is 2.85. The quantitative estimate of drug-likeness (QED) is 0.330. The molecule has 0 aromatic heterocycles. The first-order valence-corrected chi connectivity index (χ1v) is 6.82. The molecule has 0 fully saturated rings. The van der Waals surface area contributed by atoms with Crippen molar-refractivity contribution in [1.29, 1.82) is 0 Å². The summed E-state index contributed by atoms with van der Waals surface area (Å²) in [5, 5.41) is 9.99. The van der Waals surface area contributed by atoms with Crippen LogP contribution in [-0.2, 0) is 28.1 Å². The van der Waals surface area contributed by atoms with Gasteiger partial charge in [0.2, 0.25) is 0 Å². The van der Waals surface area contributed by atoms with Gasteiger partial charge in [-0.25, -0.2) is 0 Å². The van der Waals surface area contributed by atoms with Crippen molar-refractivity contribution in [3.8, 4) is 28.0 Å². The minimum absolute atomic E-state index is 0. The molecule has 0 bridgehead atoms. The van der Waals surface area contributed by atoms with Crippen molar-refractivity contribution in [2.75, 3.05) is 0 Å². The summed E-state index contributed by atoms with van der Waals surface area (Å²) in [6.07, 6.45) is 0.979. The van der Waals surface area contributed by atoms with Gasteiger partial charge < -0.3 is 27.4 Å². The smallest absolute Gasteiger partial charge is 0.507 e. The Morgan fingerprint density at radius 1 is 0.625 bits per heavy atom. The molecule has 0 heterocycles. The van der Waals surface area contributed by atoms with Crippen LogP contribution >= 0.6 is 0 Å². The third-order valence-electron chi connectivity index (χ3n) is 4.01. The molecule has 0 amide bonds. The Balaban J connectivity index is 0.00000132. The zero-order valence-electron chi connectivity index (χ0n) is 14.5. The SMILES string of the molecule is Oc1ccccc1-c1ccc2c(c1)Cc1ccccc1-2.[CH3-].[CH3-].[CH3-].[Ti+3]. The molecule has 121 valence electrons. The van der Waals surface area contributed by atoms with Crippen LogP contribution in [0.2, 0.25) is 0 Å². The molecule has 1 radical (unpaired) electrons. The van der Waals surface area contributed by atoms with Crippen LogP contribution in [0.25, 0.3) is 22.3 Å². The van der Waals surface area contributed by atoms with Crippen molar-refractivity contribution >= 4 is 0 Å². The van der Waals surface area contributed by atoms with Crippen molar-refractivity contribution in [1.82, 2.24) is 0 Å². The van der Waals surface area contributed by atoms with E-state index in [0.717, 1.165) is 17.5 Å². The maximum atomic E-state index is 9.99. The molecule has 3 aromatic carbocycles. The van der Waals surface area contributed by atoms with Gasteiger partial charge in [-0.1, -0.05) is 60.7 Å². The Morgan fingerprint density at radius 3 is 1.92 bits per heavy atom. The zero-order chi connectivity index (χ0) is 13.5. The van der Waals surface area contributed by atoms with Gasteiger partial charge in [-0.2, -0.15) is 0 Å². The van der Waals surface area contributed by atoms with Crippen molar-refractivity contribution in [3.05, 3.63) is 100 Å². The van der Waals surface area contributed by atoms with Gasteiger partial charge in [0.1, 0.15) is 5.75 Å². The number of aromatic hydroxyl groups is 1.